The Hall–Kier alpha value is -2.80. The van der Waals surface area contributed by atoms with Gasteiger partial charge in [0.05, 0.1) is 36.7 Å². The molecule has 0 fully saturated rings. The van der Waals surface area contributed by atoms with E-state index in [0.717, 1.165) is 0 Å². The molecule has 0 radical (unpaired) electrons. The van der Waals surface area contributed by atoms with E-state index in [1.165, 1.54) is 18.9 Å². The molecule has 0 saturated carbocycles. The molecule has 2 aromatic carbocycles. The number of carbonyl (C=O) groups is 1. The zero-order valence-electron chi connectivity index (χ0n) is 15.2. The monoisotopic (exact) mass is 384 g/mol. The summed E-state index contributed by atoms with van der Waals surface area (Å²) in [5, 5.41) is 1.04. The van der Waals surface area contributed by atoms with Crippen LogP contribution in [0.5, 0.6) is 5.75 Å². The standard InChI is InChI=1S/C20H20N2O4S/c1-3-26-17-11-7-6-10-16(17)22-19(24)14-8-4-5-9-15(14)21-20(22)27-13-12-18(23)25-2/h4-11H,3,12-13H2,1-2H3. The molecule has 0 amide bonds. The van der Waals surface area contributed by atoms with E-state index in [4.69, 9.17) is 4.74 Å². The van der Waals surface area contributed by atoms with E-state index in [1.807, 2.05) is 43.3 Å². The minimum absolute atomic E-state index is 0.173. The van der Waals surface area contributed by atoms with Gasteiger partial charge in [-0.1, -0.05) is 36.0 Å². The maximum absolute atomic E-state index is 13.2. The Morgan fingerprint density at radius 2 is 1.89 bits per heavy atom. The third kappa shape index (κ3) is 4.14. The number of esters is 1. The summed E-state index contributed by atoms with van der Waals surface area (Å²) in [4.78, 5) is 29.3. The Morgan fingerprint density at radius 3 is 2.67 bits per heavy atom. The Kier molecular flexibility index (Phi) is 6.13. The molecule has 1 aromatic heterocycles. The predicted molar refractivity (Wildman–Crippen MR) is 106 cm³/mol. The molecular weight excluding hydrogens is 364 g/mol. The van der Waals surface area contributed by atoms with Gasteiger partial charge in [-0.3, -0.25) is 14.2 Å². The summed E-state index contributed by atoms with van der Waals surface area (Å²) < 4.78 is 11.9. The van der Waals surface area contributed by atoms with Crippen molar-refractivity contribution < 1.29 is 14.3 Å². The number of aromatic nitrogens is 2. The van der Waals surface area contributed by atoms with Gasteiger partial charge in [-0.2, -0.15) is 0 Å². The van der Waals surface area contributed by atoms with Crippen LogP contribution in [0.4, 0.5) is 0 Å². The van der Waals surface area contributed by atoms with Crippen molar-refractivity contribution in [3.8, 4) is 11.4 Å². The van der Waals surface area contributed by atoms with Crippen LogP contribution in [-0.4, -0.2) is 35.0 Å². The highest BCUT2D eigenvalue weighted by Crippen LogP contribution is 2.27. The van der Waals surface area contributed by atoms with Gasteiger partial charge in [0, 0.05) is 5.75 Å². The lowest BCUT2D eigenvalue weighted by Gasteiger charge is -2.16. The summed E-state index contributed by atoms with van der Waals surface area (Å²) in [6.07, 6.45) is 0.233. The molecule has 0 aliphatic rings. The Morgan fingerprint density at radius 1 is 1.15 bits per heavy atom. The van der Waals surface area contributed by atoms with Gasteiger partial charge < -0.3 is 9.47 Å². The van der Waals surface area contributed by atoms with Crippen LogP contribution >= 0.6 is 11.8 Å². The molecule has 0 N–H and O–H groups in total. The third-order valence-corrected chi connectivity index (χ3v) is 4.86. The molecule has 0 aliphatic carbocycles. The van der Waals surface area contributed by atoms with Gasteiger partial charge in [-0.25, -0.2) is 4.98 Å². The average Bonchev–Trinajstić information content (AvgIpc) is 2.69. The van der Waals surface area contributed by atoms with Crippen LogP contribution in [0.15, 0.2) is 58.5 Å². The SMILES string of the molecule is CCOc1ccccc1-n1c(SCCC(=O)OC)nc2ccccc2c1=O. The van der Waals surface area contributed by atoms with Crippen molar-refractivity contribution in [2.75, 3.05) is 19.5 Å². The number of thioether (sulfide) groups is 1. The number of ether oxygens (including phenoxy) is 2. The topological polar surface area (TPSA) is 70.4 Å². The number of methoxy groups -OCH3 is 1. The van der Waals surface area contributed by atoms with Gasteiger partial charge >= 0.3 is 5.97 Å². The molecular formula is C20H20N2O4S. The van der Waals surface area contributed by atoms with Crippen molar-refractivity contribution in [2.45, 2.75) is 18.5 Å². The minimum Gasteiger partial charge on any atom is -0.492 e. The molecule has 0 spiro atoms. The smallest absolute Gasteiger partial charge is 0.306 e. The largest absolute Gasteiger partial charge is 0.492 e. The highest BCUT2D eigenvalue weighted by molar-refractivity contribution is 7.99. The number of hydrogen-bond acceptors (Lipinski definition) is 6. The first-order chi connectivity index (χ1) is 13.2. The van der Waals surface area contributed by atoms with Crippen LogP contribution in [0, 0.1) is 0 Å². The van der Waals surface area contributed by atoms with Gasteiger partial charge in [0.1, 0.15) is 5.75 Å². The first-order valence-electron chi connectivity index (χ1n) is 8.59. The van der Waals surface area contributed by atoms with Crippen molar-refractivity contribution in [3.63, 3.8) is 0 Å². The van der Waals surface area contributed by atoms with Crippen molar-refractivity contribution in [2.24, 2.45) is 0 Å². The molecule has 0 saturated heterocycles. The zero-order chi connectivity index (χ0) is 19.2. The van der Waals surface area contributed by atoms with E-state index in [9.17, 15) is 9.59 Å². The second-order valence-electron chi connectivity index (χ2n) is 5.63. The normalized spacial score (nSPS) is 10.7. The number of hydrogen-bond donors (Lipinski definition) is 0. The van der Waals surface area contributed by atoms with Gasteiger partial charge in [0.25, 0.3) is 5.56 Å². The van der Waals surface area contributed by atoms with Crippen molar-refractivity contribution in [3.05, 3.63) is 58.9 Å². The molecule has 6 nitrogen and oxygen atoms in total. The van der Waals surface area contributed by atoms with Crippen LogP contribution in [0.25, 0.3) is 16.6 Å². The molecule has 1 heterocycles. The summed E-state index contributed by atoms with van der Waals surface area (Å²) in [6.45, 7) is 2.38. The van der Waals surface area contributed by atoms with E-state index < -0.39 is 0 Å². The maximum Gasteiger partial charge on any atom is 0.306 e. The van der Waals surface area contributed by atoms with Crippen molar-refractivity contribution >= 4 is 28.6 Å². The second-order valence-corrected chi connectivity index (χ2v) is 6.69. The number of benzene rings is 2. The lowest BCUT2D eigenvalue weighted by Crippen LogP contribution is -2.22. The van der Waals surface area contributed by atoms with Gasteiger partial charge in [-0.05, 0) is 31.2 Å². The van der Waals surface area contributed by atoms with Crippen LogP contribution in [-0.2, 0) is 9.53 Å². The minimum atomic E-state index is -0.299. The molecule has 0 bridgehead atoms. The number of rotatable bonds is 7. The molecule has 0 atom stereocenters. The molecule has 3 rings (SSSR count). The van der Waals surface area contributed by atoms with Crippen LogP contribution < -0.4 is 10.3 Å². The number of nitrogens with zero attached hydrogens (tertiary/aromatic N) is 2. The van der Waals surface area contributed by atoms with Crippen LogP contribution in [0.3, 0.4) is 0 Å². The summed E-state index contributed by atoms with van der Waals surface area (Å²) in [5.41, 5.74) is 1.07. The molecule has 140 valence electrons. The summed E-state index contributed by atoms with van der Waals surface area (Å²) in [6, 6.07) is 14.6. The fourth-order valence-corrected chi connectivity index (χ4v) is 3.59. The number of carbonyl (C=O) groups excluding carboxylic acids is 1. The summed E-state index contributed by atoms with van der Waals surface area (Å²) in [5.74, 6) is 0.759. The van der Waals surface area contributed by atoms with Gasteiger partial charge in [0.15, 0.2) is 5.16 Å². The summed E-state index contributed by atoms with van der Waals surface area (Å²) >= 11 is 1.34. The molecule has 3 aromatic rings. The van der Waals surface area contributed by atoms with Gasteiger partial charge in [0.2, 0.25) is 0 Å². The molecule has 27 heavy (non-hydrogen) atoms. The lowest BCUT2D eigenvalue weighted by atomic mass is 10.2. The zero-order valence-corrected chi connectivity index (χ0v) is 16.0. The van der Waals surface area contributed by atoms with E-state index >= 15 is 0 Å². The third-order valence-electron chi connectivity index (χ3n) is 3.92. The van der Waals surface area contributed by atoms with E-state index in [2.05, 4.69) is 9.72 Å². The first kappa shape index (κ1) is 19.0. The van der Waals surface area contributed by atoms with E-state index in [-0.39, 0.29) is 17.9 Å². The fourth-order valence-electron chi connectivity index (χ4n) is 2.67. The highest BCUT2D eigenvalue weighted by atomic mass is 32.2. The second kappa shape index (κ2) is 8.73. The first-order valence-corrected chi connectivity index (χ1v) is 9.58. The Labute approximate surface area is 161 Å². The Bertz CT molecular complexity index is 1020. The van der Waals surface area contributed by atoms with Crippen molar-refractivity contribution in [1.82, 2.24) is 9.55 Å². The van der Waals surface area contributed by atoms with Gasteiger partial charge in [-0.15, -0.1) is 0 Å². The average molecular weight is 384 g/mol. The Balaban J connectivity index is 2.14. The lowest BCUT2D eigenvalue weighted by molar-refractivity contribution is -0.140. The summed E-state index contributed by atoms with van der Waals surface area (Å²) in [7, 11) is 1.36. The number of fused-ring (bicyclic) bond motifs is 1. The highest BCUT2D eigenvalue weighted by Gasteiger charge is 2.16. The van der Waals surface area contributed by atoms with E-state index in [1.54, 1.807) is 16.7 Å². The van der Waals surface area contributed by atoms with Crippen LogP contribution in [0.1, 0.15) is 13.3 Å². The predicted octanol–water partition coefficient (Wildman–Crippen LogP) is 3.44. The molecule has 0 unspecified atom stereocenters. The van der Waals surface area contributed by atoms with Crippen molar-refractivity contribution in [1.29, 1.82) is 0 Å². The molecule has 0 aliphatic heterocycles. The quantitative estimate of drug-likeness (QED) is 0.353. The number of para-hydroxylation sites is 3. The maximum atomic E-state index is 13.2. The fraction of sp³-hybridized carbons (Fsp3) is 0.250. The van der Waals surface area contributed by atoms with Crippen LogP contribution in [0.2, 0.25) is 0 Å². The van der Waals surface area contributed by atoms with E-state index in [0.29, 0.717) is 39.9 Å². The molecule has 7 heteroatoms.